The van der Waals surface area contributed by atoms with Crippen molar-refractivity contribution in [2.24, 2.45) is 0 Å². The number of carbonyl (C=O) groups excluding carboxylic acids is 1. The fraction of sp³-hybridized carbons (Fsp3) is 0.222. The Labute approximate surface area is 81.0 Å². The Morgan fingerprint density at radius 1 is 1.42 bits per heavy atom. The second-order valence-corrected chi connectivity index (χ2v) is 5.51. The summed E-state index contributed by atoms with van der Waals surface area (Å²) < 4.78 is -0.340. The maximum atomic E-state index is 11.4. The lowest BCUT2D eigenvalue weighted by Gasteiger charge is -2.14. The van der Waals surface area contributed by atoms with Crippen molar-refractivity contribution in [3.8, 4) is 0 Å². The van der Waals surface area contributed by atoms with Crippen molar-refractivity contribution in [1.29, 1.82) is 0 Å². The van der Waals surface area contributed by atoms with Crippen LogP contribution in [0.5, 0.6) is 0 Å². The number of fused-ring (bicyclic) bond motifs is 1. The van der Waals surface area contributed by atoms with Crippen LogP contribution in [0.2, 0.25) is 0 Å². The van der Waals surface area contributed by atoms with Crippen LogP contribution in [0, 0.1) is 0 Å². The van der Waals surface area contributed by atoms with E-state index in [2.05, 4.69) is 12.6 Å². The molecule has 62 valence electrons. The molecule has 1 aliphatic rings. The Balaban J connectivity index is 2.66. The largest absolute Gasteiger partial charge is 0.281 e. The van der Waals surface area contributed by atoms with Gasteiger partial charge in [-0.05, 0) is 12.5 Å². The molecule has 3 heteroatoms. The molecule has 1 nitrogen and oxygen atoms in total. The highest BCUT2D eigenvalue weighted by Gasteiger charge is 2.37. The normalized spacial score (nSPS) is 27.3. The summed E-state index contributed by atoms with van der Waals surface area (Å²) in [5, 5.41) is 0.128. The molecule has 1 aromatic rings. The molecule has 0 radical (unpaired) electrons. The van der Waals surface area contributed by atoms with E-state index in [0.29, 0.717) is 0 Å². The minimum atomic E-state index is -0.340. The lowest BCUT2D eigenvalue weighted by Crippen LogP contribution is -2.02. The summed E-state index contributed by atoms with van der Waals surface area (Å²) >= 11 is 5.71. The first-order valence-electron chi connectivity index (χ1n) is 3.66. The molecule has 0 saturated carbocycles. The zero-order valence-electron chi connectivity index (χ0n) is 6.57. The fourth-order valence-corrected chi connectivity index (χ4v) is 2.74. The molecule has 1 aliphatic heterocycles. The first kappa shape index (κ1) is 8.20. The van der Waals surface area contributed by atoms with E-state index >= 15 is 0 Å². The summed E-state index contributed by atoms with van der Waals surface area (Å²) in [6.45, 7) is 1.95. The predicted molar refractivity (Wildman–Crippen MR) is 54.7 cm³/mol. The SMILES string of the molecule is CC1(S)SC(=O)c2ccccc21. The van der Waals surface area contributed by atoms with Gasteiger partial charge in [-0.25, -0.2) is 0 Å². The fourth-order valence-electron chi connectivity index (χ4n) is 1.36. The van der Waals surface area contributed by atoms with E-state index in [-0.39, 0.29) is 9.19 Å². The summed E-state index contributed by atoms with van der Waals surface area (Å²) in [5.74, 6) is 0. The van der Waals surface area contributed by atoms with Gasteiger partial charge in [0, 0.05) is 5.56 Å². The van der Waals surface area contributed by atoms with Crippen LogP contribution in [-0.4, -0.2) is 5.12 Å². The molecule has 0 amide bonds. The molecule has 0 spiro atoms. The standard InChI is InChI=1S/C9H8OS2/c1-9(11)7-5-3-2-4-6(7)8(10)12-9/h2-5,11H,1H3. The van der Waals surface area contributed by atoms with Gasteiger partial charge >= 0.3 is 0 Å². The summed E-state index contributed by atoms with van der Waals surface area (Å²) in [4.78, 5) is 11.4. The highest BCUT2D eigenvalue weighted by atomic mass is 32.2. The maximum absolute atomic E-state index is 11.4. The van der Waals surface area contributed by atoms with Crippen LogP contribution in [0.25, 0.3) is 0 Å². The zero-order chi connectivity index (χ0) is 8.77. The van der Waals surface area contributed by atoms with Crippen LogP contribution in [0.4, 0.5) is 0 Å². The second kappa shape index (κ2) is 2.54. The molecule has 1 atom stereocenters. The highest BCUT2D eigenvalue weighted by Crippen LogP contribution is 2.49. The van der Waals surface area contributed by atoms with Crippen molar-refractivity contribution < 1.29 is 4.79 Å². The van der Waals surface area contributed by atoms with E-state index < -0.39 is 0 Å². The summed E-state index contributed by atoms with van der Waals surface area (Å²) in [5.41, 5.74) is 1.84. The summed E-state index contributed by atoms with van der Waals surface area (Å²) in [7, 11) is 0. The Morgan fingerprint density at radius 2 is 2.08 bits per heavy atom. The molecule has 1 unspecified atom stereocenters. The minimum absolute atomic E-state index is 0.128. The van der Waals surface area contributed by atoms with E-state index in [9.17, 15) is 4.79 Å². The molecule has 2 rings (SSSR count). The molecule has 0 saturated heterocycles. The Kier molecular flexibility index (Phi) is 1.73. The van der Waals surface area contributed by atoms with Crippen LogP contribution < -0.4 is 0 Å². The molecule has 1 heterocycles. The number of thiol groups is 1. The van der Waals surface area contributed by atoms with Crippen molar-refractivity contribution in [2.45, 2.75) is 11.0 Å². The van der Waals surface area contributed by atoms with Crippen molar-refractivity contribution in [1.82, 2.24) is 0 Å². The number of hydrogen-bond donors (Lipinski definition) is 1. The molecular weight excluding hydrogens is 188 g/mol. The van der Waals surface area contributed by atoms with E-state index in [4.69, 9.17) is 0 Å². The first-order chi connectivity index (χ1) is 5.61. The molecular formula is C9H8OS2. The van der Waals surface area contributed by atoms with Gasteiger partial charge in [-0.2, -0.15) is 12.6 Å². The quantitative estimate of drug-likeness (QED) is 0.642. The average Bonchev–Trinajstić information content (AvgIpc) is 2.25. The Morgan fingerprint density at radius 3 is 2.75 bits per heavy atom. The Hall–Kier alpha value is -0.410. The van der Waals surface area contributed by atoms with Gasteiger partial charge in [0.2, 0.25) is 5.12 Å². The molecule has 0 aliphatic carbocycles. The summed E-state index contributed by atoms with van der Waals surface area (Å²) in [6.07, 6.45) is 0. The van der Waals surface area contributed by atoms with Crippen LogP contribution in [0.15, 0.2) is 24.3 Å². The van der Waals surface area contributed by atoms with Crippen LogP contribution in [0.1, 0.15) is 22.8 Å². The van der Waals surface area contributed by atoms with Gasteiger partial charge in [-0.1, -0.05) is 36.0 Å². The molecule has 0 aromatic heterocycles. The van der Waals surface area contributed by atoms with E-state index in [1.807, 2.05) is 31.2 Å². The third-order valence-corrected chi connectivity index (χ3v) is 3.48. The minimum Gasteiger partial charge on any atom is -0.281 e. The van der Waals surface area contributed by atoms with Gasteiger partial charge in [-0.3, -0.25) is 4.79 Å². The third kappa shape index (κ3) is 1.08. The predicted octanol–water partition coefficient (Wildman–Crippen LogP) is 2.68. The van der Waals surface area contributed by atoms with Crippen molar-refractivity contribution >= 4 is 29.5 Å². The second-order valence-electron chi connectivity index (χ2n) is 2.92. The van der Waals surface area contributed by atoms with Gasteiger partial charge in [0.05, 0.1) is 4.08 Å². The Bertz CT molecular complexity index is 344. The highest BCUT2D eigenvalue weighted by molar-refractivity contribution is 8.22. The molecule has 0 bridgehead atoms. The smallest absolute Gasteiger partial charge is 0.221 e. The zero-order valence-corrected chi connectivity index (χ0v) is 8.28. The molecule has 0 N–H and O–H groups in total. The van der Waals surface area contributed by atoms with E-state index in [1.165, 1.54) is 11.8 Å². The average molecular weight is 196 g/mol. The van der Waals surface area contributed by atoms with E-state index in [1.54, 1.807) is 0 Å². The monoisotopic (exact) mass is 196 g/mol. The van der Waals surface area contributed by atoms with Gasteiger partial charge in [0.1, 0.15) is 0 Å². The number of benzene rings is 1. The third-order valence-electron chi connectivity index (χ3n) is 1.94. The van der Waals surface area contributed by atoms with Crippen molar-refractivity contribution in [2.75, 3.05) is 0 Å². The lowest BCUT2D eigenvalue weighted by molar-refractivity contribution is 0.109. The van der Waals surface area contributed by atoms with Gasteiger partial charge in [-0.15, -0.1) is 0 Å². The number of rotatable bonds is 0. The van der Waals surface area contributed by atoms with Crippen molar-refractivity contribution in [3.63, 3.8) is 0 Å². The lowest BCUT2D eigenvalue weighted by atomic mass is 10.1. The van der Waals surface area contributed by atoms with Gasteiger partial charge in [0.15, 0.2) is 0 Å². The van der Waals surface area contributed by atoms with Gasteiger partial charge < -0.3 is 0 Å². The van der Waals surface area contributed by atoms with Crippen LogP contribution in [-0.2, 0) is 4.08 Å². The van der Waals surface area contributed by atoms with Gasteiger partial charge in [0.25, 0.3) is 0 Å². The topological polar surface area (TPSA) is 17.1 Å². The number of hydrogen-bond acceptors (Lipinski definition) is 3. The molecule has 1 aromatic carbocycles. The van der Waals surface area contributed by atoms with E-state index in [0.717, 1.165) is 11.1 Å². The number of thioether (sulfide) groups is 1. The van der Waals surface area contributed by atoms with Crippen molar-refractivity contribution in [3.05, 3.63) is 35.4 Å². The maximum Gasteiger partial charge on any atom is 0.221 e. The first-order valence-corrected chi connectivity index (χ1v) is 4.93. The molecule has 0 fully saturated rings. The number of carbonyl (C=O) groups is 1. The summed E-state index contributed by atoms with van der Waals surface area (Å²) in [6, 6.07) is 7.63. The molecule has 12 heavy (non-hydrogen) atoms. The van der Waals surface area contributed by atoms with Crippen LogP contribution in [0.3, 0.4) is 0 Å². The van der Waals surface area contributed by atoms with Crippen LogP contribution >= 0.6 is 24.4 Å².